The van der Waals surface area contributed by atoms with Gasteiger partial charge in [0, 0.05) is 15.0 Å². The second-order valence-electron chi connectivity index (χ2n) is 4.87. The van der Waals surface area contributed by atoms with Crippen LogP contribution in [0.1, 0.15) is 14.5 Å². The topological polar surface area (TPSA) is 75.3 Å². The highest BCUT2D eigenvalue weighted by molar-refractivity contribution is 7.91. The Morgan fingerprint density at radius 2 is 2.00 bits per heavy atom. The van der Waals surface area contributed by atoms with Gasteiger partial charge in [0.15, 0.2) is 0 Å². The lowest BCUT2D eigenvalue weighted by Crippen LogP contribution is -2.21. The summed E-state index contributed by atoms with van der Waals surface area (Å²) in [6.45, 7) is 0.208. The normalized spacial score (nSPS) is 11.8. The second kappa shape index (κ2) is 6.60. The summed E-state index contributed by atoms with van der Waals surface area (Å²) >= 11 is 2.30. The maximum atomic E-state index is 13.7. The smallest absolute Gasteiger partial charge is 0.261 e. The van der Waals surface area contributed by atoms with Crippen LogP contribution in [-0.4, -0.2) is 21.4 Å². The molecule has 0 aliphatic carbocycles. The van der Waals surface area contributed by atoms with Gasteiger partial charge in [-0.1, -0.05) is 6.07 Å². The maximum Gasteiger partial charge on any atom is 0.261 e. The third kappa shape index (κ3) is 3.34. The molecule has 3 rings (SSSR count). The number of halogens is 1. The molecule has 126 valence electrons. The van der Waals surface area contributed by atoms with E-state index in [0.717, 1.165) is 11.3 Å². The third-order valence-electron chi connectivity index (χ3n) is 3.33. The average Bonchev–Trinajstić information content (AvgIpc) is 3.20. The first-order valence-electron chi connectivity index (χ1n) is 6.89. The Labute approximate surface area is 146 Å². The fourth-order valence-electron chi connectivity index (χ4n) is 2.09. The van der Waals surface area contributed by atoms with Crippen molar-refractivity contribution >= 4 is 48.7 Å². The van der Waals surface area contributed by atoms with Gasteiger partial charge in [-0.15, -0.1) is 22.7 Å². The van der Waals surface area contributed by atoms with E-state index < -0.39 is 10.0 Å². The molecule has 1 aromatic carbocycles. The van der Waals surface area contributed by atoms with Crippen LogP contribution in [0.25, 0.3) is 10.1 Å². The first-order chi connectivity index (χ1) is 11.4. The van der Waals surface area contributed by atoms with Crippen molar-refractivity contribution in [3.63, 3.8) is 0 Å². The summed E-state index contributed by atoms with van der Waals surface area (Å²) in [4.78, 5) is 13.3. The van der Waals surface area contributed by atoms with Gasteiger partial charge in [-0.05, 0) is 37.4 Å². The zero-order chi connectivity index (χ0) is 17.3. The lowest BCUT2D eigenvalue weighted by molar-refractivity contribution is 0.0955. The van der Waals surface area contributed by atoms with Gasteiger partial charge in [0.05, 0.1) is 11.4 Å². The van der Waals surface area contributed by atoms with Crippen LogP contribution in [0.2, 0.25) is 0 Å². The number of carbonyl (C=O) groups is 1. The number of nitrogens with one attached hydrogen (secondary N) is 2. The van der Waals surface area contributed by atoms with E-state index in [1.54, 1.807) is 18.2 Å². The van der Waals surface area contributed by atoms with Crippen molar-refractivity contribution in [3.8, 4) is 0 Å². The molecule has 2 heterocycles. The fourth-order valence-corrected chi connectivity index (χ4v) is 5.21. The van der Waals surface area contributed by atoms with Crippen molar-refractivity contribution in [1.82, 2.24) is 10.0 Å². The van der Waals surface area contributed by atoms with E-state index >= 15 is 0 Å². The maximum absolute atomic E-state index is 13.7. The van der Waals surface area contributed by atoms with Crippen molar-refractivity contribution in [2.45, 2.75) is 10.8 Å². The zero-order valence-corrected chi connectivity index (χ0v) is 14.9. The van der Waals surface area contributed by atoms with Crippen LogP contribution in [0.15, 0.2) is 40.6 Å². The molecule has 9 heteroatoms. The van der Waals surface area contributed by atoms with Gasteiger partial charge in [-0.25, -0.2) is 17.5 Å². The monoisotopic (exact) mass is 384 g/mol. The standard InChI is InChI=1S/C15H13FN2O3S3/c1-17-24(20,21)14-6-5-9(22-14)8-18-15(19)13-7-10-11(16)3-2-4-12(10)23-13/h2-7,17H,8H2,1H3,(H,18,19). The lowest BCUT2D eigenvalue weighted by atomic mass is 10.2. The Balaban J connectivity index is 1.72. The molecule has 0 bridgehead atoms. The van der Waals surface area contributed by atoms with Gasteiger partial charge in [-0.2, -0.15) is 0 Å². The molecule has 1 amide bonds. The van der Waals surface area contributed by atoms with E-state index in [-0.39, 0.29) is 22.5 Å². The molecule has 0 radical (unpaired) electrons. The molecule has 2 aromatic heterocycles. The Kier molecular flexibility index (Phi) is 4.68. The largest absolute Gasteiger partial charge is 0.346 e. The van der Waals surface area contributed by atoms with Crippen molar-refractivity contribution in [1.29, 1.82) is 0 Å². The Bertz CT molecular complexity index is 1010. The van der Waals surface area contributed by atoms with Crippen LogP contribution in [0.4, 0.5) is 4.39 Å². The van der Waals surface area contributed by atoms with E-state index in [9.17, 15) is 17.6 Å². The first-order valence-corrected chi connectivity index (χ1v) is 10.0. The van der Waals surface area contributed by atoms with E-state index in [1.807, 2.05) is 0 Å². The highest BCUT2D eigenvalue weighted by atomic mass is 32.2. The molecule has 0 spiro atoms. The molecular formula is C15H13FN2O3S3. The summed E-state index contributed by atoms with van der Waals surface area (Å²) < 4.78 is 40.2. The van der Waals surface area contributed by atoms with E-state index in [2.05, 4.69) is 10.0 Å². The van der Waals surface area contributed by atoms with E-state index in [4.69, 9.17) is 0 Å². The molecule has 0 unspecified atom stereocenters. The molecule has 0 aliphatic rings. The Morgan fingerprint density at radius 1 is 1.21 bits per heavy atom. The van der Waals surface area contributed by atoms with Gasteiger partial charge in [0.2, 0.25) is 10.0 Å². The number of carbonyl (C=O) groups excluding carboxylic acids is 1. The van der Waals surface area contributed by atoms with Crippen LogP contribution in [-0.2, 0) is 16.6 Å². The molecule has 0 fully saturated rings. The molecule has 5 nitrogen and oxygen atoms in total. The molecular weight excluding hydrogens is 371 g/mol. The number of benzene rings is 1. The Hall–Kier alpha value is -1.81. The van der Waals surface area contributed by atoms with Crippen LogP contribution in [0.5, 0.6) is 0 Å². The number of hydrogen-bond acceptors (Lipinski definition) is 5. The van der Waals surface area contributed by atoms with E-state index in [1.165, 1.54) is 36.6 Å². The number of hydrogen-bond donors (Lipinski definition) is 2. The number of fused-ring (bicyclic) bond motifs is 1. The Morgan fingerprint density at radius 3 is 2.71 bits per heavy atom. The third-order valence-corrected chi connectivity index (χ3v) is 7.42. The number of amides is 1. The van der Waals surface area contributed by atoms with Gasteiger partial charge in [-0.3, -0.25) is 4.79 Å². The predicted molar refractivity (Wildman–Crippen MR) is 93.5 cm³/mol. The van der Waals surface area contributed by atoms with E-state index in [0.29, 0.717) is 19.8 Å². The minimum absolute atomic E-state index is 0.193. The van der Waals surface area contributed by atoms with Gasteiger partial charge >= 0.3 is 0 Å². The summed E-state index contributed by atoms with van der Waals surface area (Å²) in [6.07, 6.45) is 0. The van der Waals surface area contributed by atoms with Gasteiger partial charge in [0.25, 0.3) is 5.91 Å². The van der Waals surface area contributed by atoms with Crippen molar-refractivity contribution in [3.05, 3.63) is 52.0 Å². The highest BCUT2D eigenvalue weighted by Crippen LogP contribution is 2.28. The quantitative estimate of drug-likeness (QED) is 0.710. The minimum atomic E-state index is -3.47. The molecule has 0 aliphatic heterocycles. The number of sulfonamides is 1. The summed E-state index contributed by atoms with van der Waals surface area (Å²) in [7, 11) is -2.13. The number of thiophene rings is 2. The zero-order valence-electron chi connectivity index (χ0n) is 12.5. The lowest BCUT2D eigenvalue weighted by Gasteiger charge is -2.01. The highest BCUT2D eigenvalue weighted by Gasteiger charge is 2.16. The number of rotatable bonds is 5. The van der Waals surface area contributed by atoms with Crippen molar-refractivity contribution in [2.24, 2.45) is 0 Å². The molecule has 24 heavy (non-hydrogen) atoms. The molecule has 0 atom stereocenters. The van der Waals surface area contributed by atoms with Crippen LogP contribution in [0, 0.1) is 5.82 Å². The average molecular weight is 384 g/mol. The molecule has 3 aromatic rings. The van der Waals surface area contributed by atoms with Gasteiger partial charge in [0.1, 0.15) is 10.0 Å². The van der Waals surface area contributed by atoms with Crippen molar-refractivity contribution in [2.75, 3.05) is 7.05 Å². The first kappa shape index (κ1) is 17.0. The summed E-state index contributed by atoms with van der Waals surface area (Å²) in [5, 5.41) is 3.15. The van der Waals surface area contributed by atoms with Crippen LogP contribution in [0.3, 0.4) is 0 Å². The van der Waals surface area contributed by atoms with Crippen LogP contribution >= 0.6 is 22.7 Å². The van der Waals surface area contributed by atoms with Gasteiger partial charge < -0.3 is 5.32 Å². The molecule has 0 saturated heterocycles. The SMILES string of the molecule is CNS(=O)(=O)c1ccc(CNC(=O)c2cc3c(F)cccc3s2)s1. The second-order valence-corrected chi connectivity index (χ2v) is 9.24. The fraction of sp³-hybridized carbons (Fsp3) is 0.133. The summed E-state index contributed by atoms with van der Waals surface area (Å²) in [5.41, 5.74) is 0. The summed E-state index contributed by atoms with van der Waals surface area (Å²) in [6, 6.07) is 9.38. The van der Waals surface area contributed by atoms with Crippen LogP contribution < -0.4 is 10.0 Å². The molecule has 2 N–H and O–H groups in total. The molecule has 0 saturated carbocycles. The predicted octanol–water partition coefficient (Wildman–Crippen LogP) is 2.94. The minimum Gasteiger partial charge on any atom is -0.346 e. The van der Waals surface area contributed by atoms with Crippen molar-refractivity contribution < 1.29 is 17.6 Å². The summed E-state index contributed by atoms with van der Waals surface area (Å²) in [5.74, 6) is -0.676.